The summed E-state index contributed by atoms with van der Waals surface area (Å²) in [4.78, 5) is 24.7. The van der Waals surface area contributed by atoms with Crippen LogP contribution in [0.15, 0.2) is 48.5 Å². The summed E-state index contributed by atoms with van der Waals surface area (Å²) < 4.78 is 11.5. The van der Waals surface area contributed by atoms with E-state index in [1.807, 2.05) is 48.5 Å². The molecule has 0 atom stereocenters. The molecule has 6 nitrogen and oxygen atoms in total. The Labute approximate surface area is 242 Å². The second-order valence-corrected chi connectivity index (χ2v) is 10.5. The third-order valence-corrected chi connectivity index (χ3v) is 6.94. The van der Waals surface area contributed by atoms with Crippen molar-refractivity contribution in [1.29, 1.82) is 0 Å². The molecule has 0 aliphatic heterocycles. The number of hydrogen-bond acceptors (Lipinski definition) is 4. The van der Waals surface area contributed by atoms with Gasteiger partial charge >= 0.3 is 0 Å². The Morgan fingerprint density at radius 1 is 0.500 bits per heavy atom. The average molecular weight is 553 g/mol. The van der Waals surface area contributed by atoms with Crippen molar-refractivity contribution in [2.45, 2.75) is 104 Å². The SMILES string of the molecule is CCCCCCOc1ccc(C(=O)NCCCCCCCCNC(=O)c2ccc(OCCCCCC)cc2)cc1. The number of hydrogen-bond donors (Lipinski definition) is 2. The van der Waals surface area contributed by atoms with E-state index in [4.69, 9.17) is 9.47 Å². The highest BCUT2D eigenvalue weighted by atomic mass is 16.5. The molecule has 0 saturated heterocycles. The highest BCUT2D eigenvalue weighted by Crippen LogP contribution is 2.15. The fraction of sp³-hybridized carbons (Fsp3) is 0.588. The van der Waals surface area contributed by atoms with E-state index in [1.165, 1.54) is 38.5 Å². The van der Waals surface area contributed by atoms with Gasteiger partial charge in [0.2, 0.25) is 0 Å². The molecule has 0 aliphatic carbocycles. The van der Waals surface area contributed by atoms with Gasteiger partial charge in [0.1, 0.15) is 11.5 Å². The molecule has 222 valence electrons. The van der Waals surface area contributed by atoms with E-state index in [2.05, 4.69) is 24.5 Å². The van der Waals surface area contributed by atoms with Gasteiger partial charge in [0.25, 0.3) is 11.8 Å². The Bertz CT molecular complexity index is 850. The maximum Gasteiger partial charge on any atom is 0.251 e. The first-order valence-electron chi connectivity index (χ1n) is 15.7. The van der Waals surface area contributed by atoms with E-state index in [1.54, 1.807) is 0 Å². The minimum atomic E-state index is -0.0326. The van der Waals surface area contributed by atoms with E-state index in [0.717, 1.165) is 76.1 Å². The van der Waals surface area contributed by atoms with Gasteiger partial charge in [-0.2, -0.15) is 0 Å². The highest BCUT2D eigenvalue weighted by Gasteiger charge is 2.06. The second kappa shape index (κ2) is 21.8. The molecule has 0 saturated carbocycles. The summed E-state index contributed by atoms with van der Waals surface area (Å²) >= 11 is 0. The number of benzene rings is 2. The number of ether oxygens (including phenoxy) is 2. The van der Waals surface area contributed by atoms with Gasteiger partial charge in [-0.25, -0.2) is 0 Å². The van der Waals surface area contributed by atoms with Crippen LogP contribution in [0.1, 0.15) is 124 Å². The van der Waals surface area contributed by atoms with Crippen molar-refractivity contribution in [1.82, 2.24) is 10.6 Å². The molecule has 0 unspecified atom stereocenters. The highest BCUT2D eigenvalue weighted by molar-refractivity contribution is 5.94. The van der Waals surface area contributed by atoms with E-state index in [-0.39, 0.29) is 11.8 Å². The van der Waals surface area contributed by atoms with Crippen molar-refractivity contribution in [2.24, 2.45) is 0 Å². The Morgan fingerprint density at radius 3 is 1.23 bits per heavy atom. The monoisotopic (exact) mass is 552 g/mol. The Hall–Kier alpha value is -3.02. The zero-order valence-corrected chi connectivity index (χ0v) is 25.0. The molecule has 0 radical (unpaired) electrons. The molecule has 2 N–H and O–H groups in total. The lowest BCUT2D eigenvalue weighted by Crippen LogP contribution is -2.24. The predicted molar refractivity (Wildman–Crippen MR) is 165 cm³/mol. The van der Waals surface area contributed by atoms with Gasteiger partial charge in [-0.15, -0.1) is 0 Å². The zero-order valence-electron chi connectivity index (χ0n) is 25.0. The maximum absolute atomic E-state index is 12.4. The zero-order chi connectivity index (χ0) is 28.7. The number of amides is 2. The van der Waals surface area contributed by atoms with E-state index < -0.39 is 0 Å². The molecule has 0 bridgehead atoms. The van der Waals surface area contributed by atoms with Crippen LogP contribution in [0.25, 0.3) is 0 Å². The van der Waals surface area contributed by atoms with E-state index in [9.17, 15) is 9.59 Å². The van der Waals surface area contributed by atoms with Crippen LogP contribution in [0.4, 0.5) is 0 Å². The first-order valence-corrected chi connectivity index (χ1v) is 15.7. The summed E-state index contributed by atoms with van der Waals surface area (Å²) in [7, 11) is 0. The van der Waals surface area contributed by atoms with Crippen molar-refractivity contribution in [3.05, 3.63) is 59.7 Å². The first-order chi connectivity index (χ1) is 19.6. The van der Waals surface area contributed by atoms with Crippen LogP contribution < -0.4 is 20.1 Å². The smallest absolute Gasteiger partial charge is 0.251 e. The minimum absolute atomic E-state index is 0.0326. The van der Waals surface area contributed by atoms with Crippen LogP contribution in [-0.4, -0.2) is 38.1 Å². The summed E-state index contributed by atoms with van der Waals surface area (Å²) in [5.74, 6) is 1.57. The molecule has 0 heterocycles. The van der Waals surface area contributed by atoms with Gasteiger partial charge in [0.15, 0.2) is 0 Å². The topological polar surface area (TPSA) is 76.7 Å². The van der Waals surface area contributed by atoms with Crippen molar-refractivity contribution < 1.29 is 19.1 Å². The van der Waals surface area contributed by atoms with Crippen molar-refractivity contribution in [3.8, 4) is 11.5 Å². The minimum Gasteiger partial charge on any atom is -0.494 e. The van der Waals surface area contributed by atoms with Crippen molar-refractivity contribution in [2.75, 3.05) is 26.3 Å². The molecule has 2 aromatic carbocycles. The molecule has 40 heavy (non-hydrogen) atoms. The molecule has 0 aromatic heterocycles. The number of nitrogens with one attached hydrogen (secondary N) is 2. The van der Waals surface area contributed by atoms with Crippen LogP contribution in [0.3, 0.4) is 0 Å². The lowest BCUT2D eigenvalue weighted by molar-refractivity contribution is 0.0944. The Balaban J connectivity index is 1.45. The largest absolute Gasteiger partial charge is 0.494 e. The van der Waals surface area contributed by atoms with Crippen LogP contribution in [0.2, 0.25) is 0 Å². The molecule has 0 fully saturated rings. The summed E-state index contributed by atoms with van der Waals surface area (Å²) in [5, 5.41) is 6.02. The molecule has 0 spiro atoms. The third-order valence-electron chi connectivity index (χ3n) is 6.94. The van der Waals surface area contributed by atoms with Gasteiger partial charge in [-0.3, -0.25) is 9.59 Å². The third kappa shape index (κ3) is 14.9. The van der Waals surface area contributed by atoms with E-state index in [0.29, 0.717) is 24.2 Å². The number of rotatable bonds is 23. The molecular weight excluding hydrogens is 500 g/mol. The van der Waals surface area contributed by atoms with Crippen molar-refractivity contribution in [3.63, 3.8) is 0 Å². The fourth-order valence-electron chi connectivity index (χ4n) is 4.41. The lowest BCUT2D eigenvalue weighted by atomic mass is 10.1. The van der Waals surface area contributed by atoms with Crippen LogP contribution in [-0.2, 0) is 0 Å². The fourth-order valence-corrected chi connectivity index (χ4v) is 4.41. The van der Waals surface area contributed by atoms with Crippen molar-refractivity contribution >= 4 is 11.8 Å². The molecule has 2 rings (SSSR count). The number of carbonyl (C=O) groups is 2. The maximum atomic E-state index is 12.4. The van der Waals surface area contributed by atoms with Gasteiger partial charge < -0.3 is 20.1 Å². The summed E-state index contributed by atoms with van der Waals surface area (Å²) in [6.07, 6.45) is 15.8. The van der Waals surface area contributed by atoms with Crippen LogP contribution >= 0.6 is 0 Å². The lowest BCUT2D eigenvalue weighted by Gasteiger charge is -2.09. The average Bonchev–Trinajstić information content (AvgIpc) is 2.98. The summed E-state index contributed by atoms with van der Waals surface area (Å²) in [5.41, 5.74) is 1.34. The molecule has 0 aliphatic rings. The standard InChI is InChI=1S/C34H52N2O4/c1-3-5-7-15-27-39-31-21-17-29(18-22-31)33(37)35-25-13-11-9-10-12-14-26-36-34(38)30-19-23-32(24-20-30)40-28-16-8-6-4-2/h17-24H,3-16,25-28H2,1-2H3,(H,35,37)(H,36,38). The quantitative estimate of drug-likeness (QED) is 0.137. The molecule has 2 amide bonds. The number of carbonyl (C=O) groups excluding carboxylic acids is 2. The predicted octanol–water partition coefficient (Wildman–Crippen LogP) is 8.11. The molecule has 6 heteroatoms. The Kier molecular flexibility index (Phi) is 18.1. The van der Waals surface area contributed by atoms with E-state index >= 15 is 0 Å². The van der Waals surface area contributed by atoms with Crippen LogP contribution in [0.5, 0.6) is 11.5 Å². The van der Waals surface area contributed by atoms with Gasteiger partial charge in [0.05, 0.1) is 13.2 Å². The van der Waals surface area contributed by atoms with Crippen LogP contribution in [0, 0.1) is 0 Å². The molecule has 2 aromatic rings. The van der Waals surface area contributed by atoms with Gasteiger partial charge in [-0.05, 0) is 74.2 Å². The molecular formula is C34H52N2O4. The van der Waals surface area contributed by atoms with Gasteiger partial charge in [0, 0.05) is 24.2 Å². The normalized spacial score (nSPS) is 10.8. The summed E-state index contributed by atoms with van der Waals surface area (Å²) in [6.45, 7) is 7.23. The van der Waals surface area contributed by atoms with Gasteiger partial charge in [-0.1, -0.05) is 78.1 Å². The number of unbranched alkanes of at least 4 members (excludes halogenated alkanes) is 11. The first kappa shape index (κ1) is 33.2. The second-order valence-electron chi connectivity index (χ2n) is 10.5. The summed E-state index contributed by atoms with van der Waals surface area (Å²) in [6, 6.07) is 14.8. The Morgan fingerprint density at radius 2 is 0.850 bits per heavy atom.